The van der Waals surface area contributed by atoms with Gasteiger partial charge in [0.05, 0.1) is 25.5 Å². The van der Waals surface area contributed by atoms with E-state index in [-0.39, 0.29) is 24.2 Å². The van der Waals surface area contributed by atoms with Gasteiger partial charge < -0.3 is 19.7 Å². The number of likely N-dealkylation sites (N-methyl/N-ethyl adjacent to an activating group) is 1. The molecule has 1 aliphatic rings. The fraction of sp³-hybridized carbons (Fsp3) is 0.522. The van der Waals surface area contributed by atoms with E-state index < -0.39 is 11.7 Å². The van der Waals surface area contributed by atoms with E-state index >= 15 is 0 Å². The Balaban J connectivity index is 2.02. The molecule has 10 heteroatoms. The number of hydrogen-bond acceptors (Lipinski definition) is 7. The Hall–Kier alpha value is -2.88. The summed E-state index contributed by atoms with van der Waals surface area (Å²) in [7, 11) is 4.70. The molecular weight excluding hydrogens is 437 g/mol. The summed E-state index contributed by atoms with van der Waals surface area (Å²) in [5.74, 6) is 0.269. The van der Waals surface area contributed by atoms with Gasteiger partial charge >= 0.3 is 12.1 Å². The number of benzene rings is 1. The van der Waals surface area contributed by atoms with E-state index in [9.17, 15) is 18.0 Å². The Morgan fingerprint density at radius 3 is 2.67 bits per heavy atom. The van der Waals surface area contributed by atoms with Crippen molar-refractivity contribution in [2.45, 2.75) is 44.8 Å². The highest BCUT2D eigenvalue weighted by Crippen LogP contribution is 2.38. The summed E-state index contributed by atoms with van der Waals surface area (Å²) in [5, 5.41) is 12.2. The van der Waals surface area contributed by atoms with Crippen molar-refractivity contribution in [3.63, 3.8) is 0 Å². The summed E-state index contributed by atoms with van der Waals surface area (Å²) in [6.45, 7) is 3.71. The van der Waals surface area contributed by atoms with Gasteiger partial charge in [-0.3, -0.25) is 4.79 Å². The molecule has 0 radical (unpaired) electrons. The van der Waals surface area contributed by atoms with Gasteiger partial charge in [-0.1, -0.05) is 0 Å². The second-order valence-electron chi connectivity index (χ2n) is 8.24. The van der Waals surface area contributed by atoms with Crippen LogP contribution >= 0.6 is 0 Å². The maximum absolute atomic E-state index is 13.2. The molecule has 1 N–H and O–H groups in total. The monoisotopic (exact) mass is 466 g/mol. The minimum absolute atomic E-state index is 0.0516. The quantitative estimate of drug-likeness (QED) is 0.616. The molecular formula is C23H29F3N4O3. The molecule has 33 heavy (non-hydrogen) atoms. The van der Waals surface area contributed by atoms with Crippen LogP contribution in [0, 0.1) is 6.92 Å². The maximum Gasteiger partial charge on any atom is 0.416 e. The molecule has 0 unspecified atom stereocenters. The van der Waals surface area contributed by atoms with Crippen LogP contribution in [0.15, 0.2) is 18.2 Å². The first-order valence-electron chi connectivity index (χ1n) is 10.8. The summed E-state index contributed by atoms with van der Waals surface area (Å²) in [5.41, 5.74) is 1.50. The molecule has 2 heterocycles. The zero-order chi connectivity index (χ0) is 24.2. The number of methoxy groups -OCH3 is 2. The molecule has 0 aliphatic carbocycles. The van der Waals surface area contributed by atoms with Crippen molar-refractivity contribution in [1.82, 2.24) is 15.1 Å². The van der Waals surface area contributed by atoms with E-state index in [0.29, 0.717) is 23.5 Å². The molecule has 7 nitrogen and oxygen atoms in total. The van der Waals surface area contributed by atoms with Gasteiger partial charge in [-0.15, -0.1) is 10.2 Å². The van der Waals surface area contributed by atoms with Crippen molar-refractivity contribution in [2.24, 2.45) is 0 Å². The van der Waals surface area contributed by atoms with Gasteiger partial charge in [0.25, 0.3) is 0 Å². The summed E-state index contributed by atoms with van der Waals surface area (Å²) < 4.78 is 49.5. The van der Waals surface area contributed by atoms with E-state index in [1.807, 2.05) is 6.92 Å². The Labute approximate surface area is 191 Å². The van der Waals surface area contributed by atoms with Crippen LogP contribution in [0.3, 0.4) is 0 Å². The lowest BCUT2D eigenvalue weighted by Crippen LogP contribution is -2.40. The van der Waals surface area contributed by atoms with Gasteiger partial charge in [0, 0.05) is 30.1 Å². The van der Waals surface area contributed by atoms with Gasteiger partial charge in [0.1, 0.15) is 5.75 Å². The second-order valence-corrected chi connectivity index (χ2v) is 8.24. The smallest absolute Gasteiger partial charge is 0.416 e. The van der Waals surface area contributed by atoms with E-state index in [0.717, 1.165) is 49.2 Å². The minimum atomic E-state index is -4.49. The standard InChI is InChI=1S/C23H29F3N4O3/c1-14-17(9-10-20(31)33-4)22(27-16-6-5-11-30(2)13-16)29-28-21(14)18-8-7-15(23(24,25)26)12-19(18)32-3/h7-8,12,16H,5-6,9-11,13H2,1-4H3,(H,27,29)/t16-/m1/s1. The van der Waals surface area contributed by atoms with E-state index in [1.165, 1.54) is 20.3 Å². The molecule has 1 fully saturated rings. The molecule has 3 rings (SSSR count). The number of nitrogens with one attached hydrogen (secondary N) is 1. The van der Waals surface area contributed by atoms with Crippen molar-refractivity contribution in [1.29, 1.82) is 0 Å². The summed E-state index contributed by atoms with van der Waals surface area (Å²) in [4.78, 5) is 14.0. The van der Waals surface area contributed by atoms with Crippen LogP contribution in [-0.2, 0) is 22.1 Å². The number of rotatable bonds is 7. The number of carbonyl (C=O) groups excluding carboxylic acids is 1. The van der Waals surface area contributed by atoms with E-state index in [4.69, 9.17) is 9.47 Å². The predicted octanol–water partition coefficient (Wildman–Crippen LogP) is 4.09. The highest BCUT2D eigenvalue weighted by molar-refractivity contribution is 5.74. The fourth-order valence-electron chi connectivity index (χ4n) is 4.10. The largest absolute Gasteiger partial charge is 0.496 e. The van der Waals surface area contributed by atoms with Gasteiger partial charge in [-0.2, -0.15) is 13.2 Å². The maximum atomic E-state index is 13.2. The highest BCUT2D eigenvalue weighted by atomic mass is 19.4. The van der Waals surface area contributed by atoms with Gasteiger partial charge in [-0.05, 0) is 63.5 Å². The normalized spacial score (nSPS) is 17.0. The van der Waals surface area contributed by atoms with Crippen molar-refractivity contribution in [3.05, 3.63) is 34.9 Å². The third-order valence-electron chi connectivity index (χ3n) is 5.90. The lowest BCUT2D eigenvalue weighted by Gasteiger charge is -2.31. The van der Waals surface area contributed by atoms with Crippen molar-refractivity contribution < 1.29 is 27.4 Å². The molecule has 1 aliphatic heterocycles. The van der Waals surface area contributed by atoms with E-state index in [1.54, 1.807) is 0 Å². The second kappa shape index (κ2) is 10.4. The molecule has 180 valence electrons. The van der Waals surface area contributed by atoms with Gasteiger partial charge in [0.2, 0.25) is 0 Å². The first-order valence-corrected chi connectivity index (χ1v) is 10.8. The molecule has 1 aromatic heterocycles. The van der Waals surface area contributed by atoms with Gasteiger partial charge in [-0.25, -0.2) is 0 Å². The lowest BCUT2D eigenvalue weighted by atomic mass is 9.97. The Kier molecular flexibility index (Phi) is 7.78. The average molecular weight is 467 g/mol. The first kappa shape index (κ1) is 24.8. The van der Waals surface area contributed by atoms with Crippen LogP contribution in [0.25, 0.3) is 11.3 Å². The molecule has 0 bridgehead atoms. The molecule has 1 atom stereocenters. The number of piperidine rings is 1. The third kappa shape index (κ3) is 5.93. The average Bonchev–Trinajstić information content (AvgIpc) is 2.77. The lowest BCUT2D eigenvalue weighted by molar-refractivity contribution is -0.140. The van der Waals surface area contributed by atoms with Crippen molar-refractivity contribution in [3.8, 4) is 17.0 Å². The molecule has 0 spiro atoms. The van der Waals surface area contributed by atoms with Crippen LogP contribution in [0.1, 0.15) is 36.0 Å². The molecule has 0 saturated carbocycles. The number of anilines is 1. The SMILES string of the molecule is COC(=O)CCc1c(N[C@@H]2CCCN(C)C2)nnc(-c2ccc(C(F)(F)F)cc2OC)c1C. The molecule has 1 saturated heterocycles. The predicted molar refractivity (Wildman–Crippen MR) is 118 cm³/mol. The van der Waals surface area contributed by atoms with Crippen LogP contribution in [0.5, 0.6) is 5.75 Å². The molecule has 0 amide bonds. The number of carbonyl (C=O) groups is 1. The van der Waals surface area contributed by atoms with Crippen LogP contribution < -0.4 is 10.1 Å². The zero-order valence-corrected chi connectivity index (χ0v) is 19.3. The number of likely N-dealkylation sites (tertiary alicyclic amines) is 1. The van der Waals surface area contributed by atoms with E-state index in [2.05, 4.69) is 27.5 Å². The number of aromatic nitrogens is 2. The van der Waals surface area contributed by atoms with Crippen molar-refractivity contribution in [2.75, 3.05) is 39.7 Å². The number of nitrogens with zero attached hydrogens (tertiary/aromatic N) is 3. The molecule has 1 aromatic carbocycles. The third-order valence-corrected chi connectivity index (χ3v) is 5.90. The number of hydrogen-bond donors (Lipinski definition) is 1. The Morgan fingerprint density at radius 2 is 2.03 bits per heavy atom. The number of halogens is 3. The first-order chi connectivity index (χ1) is 15.6. The fourth-order valence-corrected chi connectivity index (χ4v) is 4.10. The summed E-state index contributed by atoms with van der Waals surface area (Å²) >= 11 is 0. The number of ether oxygens (including phenoxy) is 2. The Bertz CT molecular complexity index is 998. The number of esters is 1. The van der Waals surface area contributed by atoms with Crippen LogP contribution in [-0.4, -0.2) is 61.5 Å². The molecule has 2 aromatic rings. The highest BCUT2D eigenvalue weighted by Gasteiger charge is 2.32. The zero-order valence-electron chi connectivity index (χ0n) is 19.3. The van der Waals surface area contributed by atoms with Crippen LogP contribution in [0.2, 0.25) is 0 Å². The topological polar surface area (TPSA) is 76.6 Å². The van der Waals surface area contributed by atoms with Gasteiger partial charge in [0.15, 0.2) is 5.82 Å². The Morgan fingerprint density at radius 1 is 1.27 bits per heavy atom. The minimum Gasteiger partial charge on any atom is -0.496 e. The number of alkyl halides is 3. The van der Waals surface area contributed by atoms with Crippen LogP contribution in [0.4, 0.5) is 19.0 Å². The summed E-state index contributed by atoms with van der Waals surface area (Å²) in [6.07, 6.45) is -1.95. The summed E-state index contributed by atoms with van der Waals surface area (Å²) in [6, 6.07) is 3.47. The van der Waals surface area contributed by atoms with Crippen molar-refractivity contribution >= 4 is 11.8 Å².